The highest BCUT2D eigenvalue weighted by atomic mass is 35.5. The predicted molar refractivity (Wildman–Crippen MR) is 239 cm³/mol. The summed E-state index contributed by atoms with van der Waals surface area (Å²) in [6.45, 7) is 12.0. The van der Waals surface area contributed by atoms with Gasteiger partial charge in [-0.1, -0.05) is 135 Å². The number of para-hydroxylation sites is 1. The van der Waals surface area contributed by atoms with Gasteiger partial charge in [-0.15, -0.1) is 11.6 Å². The van der Waals surface area contributed by atoms with Crippen LogP contribution in [0.4, 0.5) is 5.69 Å². The minimum atomic E-state index is 0.440. The Morgan fingerprint density at radius 1 is 0.679 bits per heavy atom. The van der Waals surface area contributed by atoms with Crippen molar-refractivity contribution >= 4 is 28.4 Å². The first kappa shape index (κ1) is 42.7. The van der Waals surface area contributed by atoms with Crippen molar-refractivity contribution in [3.8, 4) is 5.75 Å². The van der Waals surface area contributed by atoms with Crippen molar-refractivity contribution in [2.75, 3.05) is 70.9 Å². The Morgan fingerprint density at radius 2 is 1.23 bits per heavy atom. The third-order valence-corrected chi connectivity index (χ3v) is 10.2. The normalized spacial score (nSPS) is 13.9. The lowest BCUT2D eigenvalue weighted by Crippen LogP contribution is -2.45. The molecule has 1 aliphatic rings. The van der Waals surface area contributed by atoms with Crippen molar-refractivity contribution in [2.45, 2.75) is 45.7 Å². The number of anilines is 1. The molecule has 1 heterocycles. The van der Waals surface area contributed by atoms with E-state index >= 15 is 0 Å². The van der Waals surface area contributed by atoms with Crippen molar-refractivity contribution < 1.29 is 9.47 Å². The van der Waals surface area contributed by atoms with E-state index in [1.54, 1.807) is 0 Å². The molecule has 5 aromatic carbocycles. The van der Waals surface area contributed by atoms with Crippen molar-refractivity contribution in [1.29, 1.82) is 0 Å². The van der Waals surface area contributed by atoms with E-state index in [1.165, 1.54) is 65.0 Å². The molecule has 5 aromatic rings. The van der Waals surface area contributed by atoms with Crippen LogP contribution in [0.5, 0.6) is 5.75 Å². The zero-order chi connectivity index (χ0) is 39.4. The maximum absolute atomic E-state index is 6.21. The fourth-order valence-corrected chi connectivity index (χ4v) is 7.30. The van der Waals surface area contributed by atoms with Crippen LogP contribution in [-0.4, -0.2) is 81.8 Å². The Bertz CT molecular complexity index is 1810. The highest BCUT2D eigenvalue weighted by Gasteiger charge is 2.25. The monoisotopic (exact) mass is 771 g/mol. The van der Waals surface area contributed by atoms with E-state index in [2.05, 4.69) is 162 Å². The zero-order valence-corrected chi connectivity index (χ0v) is 34.8. The summed E-state index contributed by atoms with van der Waals surface area (Å²) < 4.78 is 12.0. The van der Waals surface area contributed by atoms with Gasteiger partial charge in [0.15, 0.2) is 0 Å². The van der Waals surface area contributed by atoms with Gasteiger partial charge in [-0.25, -0.2) is 0 Å². The summed E-state index contributed by atoms with van der Waals surface area (Å²) >= 11 is 6.21. The topological polar surface area (TPSA) is 28.2 Å². The third kappa shape index (κ3) is 14.0. The number of allylic oxidation sites excluding steroid dienone is 1. The van der Waals surface area contributed by atoms with E-state index < -0.39 is 0 Å². The van der Waals surface area contributed by atoms with E-state index in [4.69, 9.17) is 21.1 Å². The quantitative estimate of drug-likeness (QED) is 0.0616. The molecule has 0 radical (unpaired) electrons. The van der Waals surface area contributed by atoms with Crippen LogP contribution in [0, 0.1) is 5.92 Å². The molecule has 1 fully saturated rings. The molecule has 5 nitrogen and oxygen atoms in total. The van der Waals surface area contributed by atoms with Gasteiger partial charge in [-0.2, -0.15) is 0 Å². The SMILES string of the molecule is CC(C)COCC(CN(Cc1ccccc1)c1ccccc1)N1CCCC1.CN(C)CCOc1ccc(/C(=C(/CCCl)c2ccccc2)c2ccccc2)cc1. The summed E-state index contributed by atoms with van der Waals surface area (Å²) in [4.78, 5) is 7.25. The fourth-order valence-electron chi connectivity index (χ4n) is 7.11. The van der Waals surface area contributed by atoms with Gasteiger partial charge in [0.25, 0.3) is 0 Å². The van der Waals surface area contributed by atoms with Crippen LogP contribution in [0.15, 0.2) is 146 Å². The van der Waals surface area contributed by atoms with E-state index in [0.29, 0.717) is 24.4 Å². The van der Waals surface area contributed by atoms with Crippen molar-refractivity contribution in [3.05, 3.63) is 168 Å². The molecule has 6 heteroatoms. The predicted octanol–water partition coefficient (Wildman–Crippen LogP) is 11.0. The third-order valence-electron chi connectivity index (χ3n) is 9.97. The lowest BCUT2D eigenvalue weighted by molar-refractivity contribution is 0.0567. The number of benzene rings is 5. The van der Waals surface area contributed by atoms with Gasteiger partial charge in [0.2, 0.25) is 0 Å². The van der Waals surface area contributed by atoms with Gasteiger partial charge >= 0.3 is 0 Å². The number of hydrogen-bond donors (Lipinski definition) is 0. The smallest absolute Gasteiger partial charge is 0.119 e. The van der Waals surface area contributed by atoms with Crippen LogP contribution in [0.3, 0.4) is 0 Å². The molecule has 0 bridgehead atoms. The maximum atomic E-state index is 6.21. The van der Waals surface area contributed by atoms with Gasteiger partial charge in [0.05, 0.1) is 12.6 Å². The Labute approximate surface area is 342 Å². The van der Waals surface area contributed by atoms with Crippen molar-refractivity contribution in [1.82, 2.24) is 9.80 Å². The van der Waals surface area contributed by atoms with Crippen LogP contribution in [0.25, 0.3) is 11.1 Å². The van der Waals surface area contributed by atoms with E-state index in [1.807, 2.05) is 26.2 Å². The second kappa shape index (κ2) is 23.6. The highest BCUT2D eigenvalue weighted by Crippen LogP contribution is 2.35. The minimum absolute atomic E-state index is 0.440. The molecule has 56 heavy (non-hydrogen) atoms. The number of likely N-dealkylation sites (N-methyl/N-ethyl adjacent to an activating group) is 1. The summed E-state index contributed by atoms with van der Waals surface area (Å²) in [5.41, 5.74) is 8.68. The number of hydrogen-bond acceptors (Lipinski definition) is 5. The van der Waals surface area contributed by atoms with Crippen LogP contribution < -0.4 is 9.64 Å². The zero-order valence-electron chi connectivity index (χ0n) is 34.0. The molecule has 0 spiro atoms. The molecule has 6 rings (SSSR count). The van der Waals surface area contributed by atoms with Gasteiger partial charge < -0.3 is 19.3 Å². The van der Waals surface area contributed by atoms with Crippen molar-refractivity contribution in [2.24, 2.45) is 5.92 Å². The average Bonchev–Trinajstić information content (AvgIpc) is 3.77. The minimum Gasteiger partial charge on any atom is -0.492 e. The molecule has 0 aliphatic carbocycles. The molecule has 296 valence electrons. The van der Waals surface area contributed by atoms with Crippen LogP contribution in [0.2, 0.25) is 0 Å². The standard InChI is InChI=1S/C26H28ClNO.C24H34N2O/c1-28(2)19-20-29-24-15-13-23(14-16-24)26(22-11-7-4-8-12-22)25(17-18-27)21-9-5-3-6-10-21;1-21(2)19-27-20-24(25-15-9-10-16-25)18-26(23-13-7-4-8-14-23)17-22-11-5-3-6-12-22/h3-16H,17-20H2,1-2H3;3-8,11-14,21,24H,9-10,15-20H2,1-2H3/b26-25-;. The maximum Gasteiger partial charge on any atom is 0.119 e. The number of nitrogens with zero attached hydrogens (tertiary/aromatic N) is 3. The lowest BCUT2D eigenvalue weighted by atomic mass is 9.88. The first-order valence-electron chi connectivity index (χ1n) is 20.3. The Hall–Kier alpha value is -4.39. The van der Waals surface area contributed by atoms with E-state index in [-0.39, 0.29) is 0 Å². The summed E-state index contributed by atoms with van der Waals surface area (Å²) in [7, 11) is 4.09. The van der Waals surface area contributed by atoms with Crippen molar-refractivity contribution in [3.63, 3.8) is 0 Å². The summed E-state index contributed by atoms with van der Waals surface area (Å²) in [6, 6.07) is 51.5. The van der Waals surface area contributed by atoms with E-state index in [0.717, 1.165) is 45.0 Å². The Balaban J connectivity index is 0.000000215. The molecule has 1 unspecified atom stereocenters. The molecule has 1 atom stereocenters. The molecule has 0 aromatic heterocycles. The Morgan fingerprint density at radius 3 is 1.80 bits per heavy atom. The fraction of sp³-hybridized carbons (Fsp3) is 0.360. The summed E-state index contributed by atoms with van der Waals surface area (Å²) in [6.07, 6.45) is 3.42. The second-order valence-electron chi connectivity index (χ2n) is 15.2. The molecule has 0 amide bonds. The highest BCUT2D eigenvalue weighted by molar-refractivity contribution is 6.18. The molecule has 0 N–H and O–H groups in total. The first-order valence-corrected chi connectivity index (χ1v) is 20.9. The number of likely N-dealkylation sites (tertiary alicyclic amines) is 1. The summed E-state index contributed by atoms with van der Waals surface area (Å²) in [5.74, 6) is 2.05. The number of ether oxygens (including phenoxy) is 2. The van der Waals surface area contributed by atoms with Gasteiger partial charge in [-0.3, -0.25) is 4.90 Å². The van der Waals surface area contributed by atoms with Crippen LogP contribution in [-0.2, 0) is 11.3 Å². The molecular weight excluding hydrogens is 710 g/mol. The summed E-state index contributed by atoms with van der Waals surface area (Å²) in [5, 5.41) is 0. The Kier molecular flexibility index (Phi) is 18.0. The molecule has 1 aliphatic heterocycles. The lowest BCUT2D eigenvalue weighted by Gasteiger charge is -2.34. The molecule has 1 saturated heterocycles. The number of alkyl halides is 1. The molecule has 0 saturated carbocycles. The van der Waals surface area contributed by atoms with Gasteiger partial charge in [0.1, 0.15) is 12.4 Å². The largest absolute Gasteiger partial charge is 0.492 e. The van der Waals surface area contributed by atoms with Gasteiger partial charge in [-0.05, 0) is 110 Å². The van der Waals surface area contributed by atoms with E-state index in [9.17, 15) is 0 Å². The number of rotatable bonds is 19. The number of halogens is 1. The second-order valence-corrected chi connectivity index (χ2v) is 15.6. The van der Waals surface area contributed by atoms with Crippen LogP contribution >= 0.6 is 11.6 Å². The van der Waals surface area contributed by atoms with Gasteiger partial charge in [0, 0.05) is 37.8 Å². The first-order chi connectivity index (χ1) is 27.4. The van der Waals surface area contributed by atoms with Crippen LogP contribution in [0.1, 0.15) is 55.4 Å². The average molecular weight is 773 g/mol. The molecular formula is C50H62ClN3O2.